The number of nitrogens with one attached hydrogen (secondary N) is 1. The van der Waals surface area contributed by atoms with Crippen molar-refractivity contribution in [3.8, 4) is 0 Å². The Balaban J connectivity index is 1.81. The Bertz CT molecular complexity index is 1070. The van der Waals surface area contributed by atoms with Crippen molar-refractivity contribution >= 4 is 28.5 Å². The molecule has 0 aliphatic rings. The lowest BCUT2D eigenvalue weighted by atomic mass is 10.2. The molecule has 1 aromatic heterocycles. The van der Waals surface area contributed by atoms with Crippen molar-refractivity contribution in [3.63, 3.8) is 0 Å². The number of ether oxygens (including phenoxy) is 1. The number of amides is 1. The maximum Gasteiger partial charge on any atom is 0.338 e. The highest BCUT2D eigenvalue weighted by atomic mass is 16.5. The minimum absolute atomic E-state index is 0.174. The second kappa shape index (κ2) is 7.82. The molecule has 1 amide bonds. The third kappa shape index (κ3) is 4.03. The van der Waals surface area contributed by atoms with Gasteiger partial charge in [0, 0.05) is 5.69 Å². The Morgan fingerprint density at radius 3 is 2.70 bits per heavy atom. The Kier molecular flexibility index (Phi) is 5.30. The zero-order valence-corrected chi connectivity index (χ0v) is 15.1. The van der Waals surface area contributed by atoms with Crippen LogP contribution in [0, 0.1) is 6.92 Å². The van der Waals surface area contributed by atoms with Crippen LogP contribution in [-0.4, -0.2) is 28.0 Å². The zero-order valence-electron chi connectivity index (χ0n) is 15.1. The third-order valence-electron chi connectivity index (χ3n) is 4.01. The molecule has 3 aromatic rings. The molecule has 0 spiro atoms. The lowest BCUT2D eigenvalue weighted by molar-refractivity contribution is -0.116. The number of rotatable bonds is 5. The van der Waals surface area contributed by atoms with Crippen LogP contribution in [-0.2, 0) is 16.1 Å². The zero-order chi connectivity index (χ0) is 19.4. The number of aryl methyl sites for hydroxylation is 1. The van der Waals surface area contributed by atoms with Crippen molar-refractivity contribution < 1.29 is 14.3 Å². The number of esters is 1. The summed E-state index contributed by atoms with van der Waals surface area (Å²) in [7, 11) is 0. The first-order valence-corrected chi connectivity index (χ1v) is 8.53. The Morgan fingerprint density at radius 2 is 1.93 bits per heavy atom. The lowest BCUT2D eigenvalue weighted by Gasteiger charge is -2.11. The first-order chi connectivity index (χ1) is 13.0. The molecule has 0 saturated heterocycles. The number of benzene rings is 2. The van der Waals surface area contributed by atoms with Crippen LogP contribution in [0.2, 0.25) is 0 Å². The van der Waals surface area contributed by atoms with E-state index in [0.29, 0.717) is 28.0 Å². The average Bonchev–Trinajstić information content (AvgIpc) is 2.65. The second-order valence-electron chi connectivity index (χ2n) is 5.92. The quantitative estimate of drug-likeness (QED) is 0.702. The smallest absolute Gasteiger partial charge is 0.338 e. The molecule has 0 fully saturated rings. The van der Waals surface area contributed by atoms with Crippen molar-refractivity contribution in [2.24, 2.45) is 0 Å². The molecule has 138 valence electrons. The van der Waals surface area contributed by atoms with E-state index in [9.17, 15) is 14.4 Å². The fourth-order valence-electron chi connectivity index (χ4n) is 2.75. The van der Waals surface area contributed by atoms with Gasteiger partial charge in [0.2, 0.25) is 5.91 Å². The van der Waals surface area contributed by atoms with Gasteiger partial charge in [-0.1, -0.05) is 18.2 Å². The molecule has 1 N–H and O–H groups in total. The SMILES string of the molecule is CCOC(=O)c1cccc(NC(=O)Cn2c(C)nc3ccccc3c2=O)c1. The van der Waals surface area contributed by atoms with Crippen LogP contribution in [0.4, 0.5) is 5.69 Å². The summed E-state index contributed by atoms with van der Waals surface area (Å²) >= 11 is 0. The number of aromatic nitrogens is 2. The van der Waals surface area contributed by atoms with Crippen LogP contribution in [0.25, 0.3) is 10.9 Å². The minimum atomic E-state index is -0.459. The fraction of sp³-hybridized carbons (Fsp3) is 0.200. The largest absolute Gasteiger partial charge is 0.462 e. The van der Waals surface area contributed by atoms with Gasteiger partial charge in [-0.15, -0.1) is 0 Å². The van der Waals surface area contributed by atoms with Gasteiger partial charge in [-0.05, 0) is 44.2 Å². The summed E-state index contributed by atoms with van der Waals surface area (Å²) in [6.07, 6.45) is 0. The fourth-order valence-corrected chi connectivity index (χ4v) is 2.75. The van der Waals surface area contributed by atoms with Crippen molar-refractivity contribution in [2.45, 2.75) is 20.4 Å². The molecule has 27 heavy (non-hydrogen) atoms. The molecule has 0 saturated carbocycles. The molecule has 0 unspecified atom stereocenters. The Labute approximate surface area is 155 Å². The normalized spacial score (nSPS) is 10.6. The highest BCUT2D eigenvalue weighted by Crippen LogP contribution is 2.12. The monoisotopic (exact) mass is 365 g/mol. The number of carbonyl (C=O) groups is 2. The summed E-state index contributed by atoms with van der Waals surface area (Å²) in [5.74, 6) is -0.396. The summed E-state index contributed by atoms with van der Waals surface area (Å²) in [4.78, 5) is 41.2. The number of para-hydroxylation sites is 1. The van der Waals surface area contributed by atoms with Gasteiger partial charge in [-0.2, -0.15) is 0 Å². The van der Waals surface area contributed by atoms with Gasteiger partial charge >= 0.3 is 5.97 Å². The van der Waals surface area contributed by atoms with Gasteiger partial charge in [-0.25, -0.2) is 9.78 Å². The molecule has 0 aliphatic heterocycles. The molecule has 0 bridgehead atoms. The molecular weight excluding hydrogens is 346 g/mol. The Hall–Kier alpha value is -3.48. The minimum Gasteiger partial charge on any atom is -0.462 e. The number of hydrogen-bond acceptors (Lipinski definition) is 5. The number of hydrogen-bond donors (Lipinski definition) is 1. The second-order valence-corrected chi connectivity index (χ2v) is 5.92. The topological polar surface area (TPSA) is 90.3 Å². The molecule has 3 rings (SSSR count). The molecular formula is C20H19N3O4. The van der Waals surface area contributed by atoms with E-state index in [0.717, 1.165) is 0 Å². The van der Waals surface area contributed by atoms with E-state index in [-0.39, 0.29) is 18.7 Å². The highest BCUT2D eigenvalue weighted by molar-refractivity contribution is 5.94. The number of anilines is 1. The van der Waals surface area contributed by atoms with Crippen molar-refractivity contribution in [3.05, 3.63) is 70.3 Å². The van der Waals surface area contributed by atoms with Crippen molar-refractivity contribution in [2.75, 3.05) is 11.9 Å². The summed E-state index contributed by atoms with van der Waals surface area (Å²) in [6, 6.07) is 13.5. The van der Waals surface area contributed by atoms with E-state index >= 15 is 0 Å². The first kappa shape index (κ1) is 18.3. The van der Waals surface area contributed by atoms with E-state index in [1.54, 1.807) is 50.2 Å². The summed E-state index contributed by atoms with van der Waals surface area (Å²) in [5.41, 5.74) is 1.12. The molecule has 7 nitrogen and oxygen atoms in total. The highest BCUT2D eigenvalue weighted by Gasteiger charge is 2.13. The maximum atomic E-state index is 12.6. The van der Waals surface area contributed by atoms with Crippen molar-refractivity contribution in [1.82, 2.24) is 9.55 Å². The van der Waals surface area contributed by atoms with E-state index in [2.05, 4.69) is 10.3 Å². The third-order valence-corrected chi connectivity index (χ3v) is 4.01. The predicted molar refractivity (Wildman–Crippen MR) is 102 cm³/mol. The van der Waals surface area contributed by atoms with E-state index < -0.39 is 11.9 Å². The van der Waals surface area contributed by atoms with Gasteiger partial charge in [-0.3, -0.25) is 14.2 Å². The van der Waals surface area contributed by atoms with Gasteiger partial charge in [0.15, 0.2) is 0 Å². The van der Waals surface area contributed by atoms with Crippen LogP contribution in [0.3, 0.4) is 0 Å². The van der Waals surface area contributed by atoms with Crippen molar-refractivity contribution in [1.29, 1.82) is 0 Å². The lowest BCUT2D eigenvalue weighted by Crippen LogP contribution is -2.30. The summed E-state index contributed by atoms with van der Waals surface area (Å²) in [6.45, 7) is 3.50. The van der Waals surface area contributed by atoms with Crippen LogP contribution in [0.1, 0.15) is 23.1 Å². The number of carbonyl (C=O) groups excluding carboxylic acids is 2. The summed E-state index contributed by atoms with van der Waals surface area (Å²) in [5, 5.41) is 3.15. The van der Waals surface area contributed by atoms with E-state index in [4.69, 9.17) is 4.74 Å². The molecule has 7 heteroatoms. The maximum absolute atomic E-state index is 12.6. The van der Waals surface area contributed by atoms with Crippen LogP contribution < -0.4 is 10.9 Å². The number of nitrogens with zero attached hydrogens (tertiary/aromatic N) is 2. The molecule has 0 radical (unpaired) electrons. The molecule has 0 atom stereocenters. The molecule has 2 aromatic carbocycles. The van der Waals surface area contributed by atoms with Crippen LogP contribution in [0.15, 0.2) is 53.3 Å². The van der Waals surface area contributed by atoms with Gasteiger partial charge < -0.3 is 10.1 Å². The van der Waals surface area contributed by atoms with Gasteiger partial charge in [0.25, 0.3) is 5.56 Å². The Morgan fingerprint density at radius 1 is 1.15 bits per heavy atom. The number of fused-ring (bicyclic) bond motifs is 1. The first-order valence-electron chi connectivity index (χ1n) is 8.53. The average molecular weight is 365 g/mol. The molecule has 1 heterocycles. The predicted octanol–water partition coefficient (Wildman–Crippen LogP) is 2.52. The van der Waals surface area contributed by atoms with Crippen LogP contribution in [0.5, 0.6) is 0 Å². The van der Waals surface area contributed by atoms with Gasteiger partial charge in [0.05, 0.1) is 23.1 Å². The van der Waals surface area contributed by atoms with Gasteiger partial charge in [0.1, 0.15) is 12.4 Å². The summed E-state index contributed by atoms with van der Waals surface area (Å²) < 4.78 is 6.28. The standard InChI is InChI=1S/C20H19N3O4/c1-3-27-20(26)14-7-6-8-15(11-14)22-18(24)12-23-13(2)21-17-10-5-4-9-16(17)19(23)25/h4-11H,3,12H2,1-2H3,(H,22,24). The van der Waals surface area contributed by atoms with Crippen LogP contribution >= 0.6 is 0 Å². The van der Waals surface area contributed by atoms with E-state index in [1.165, 1.54) is 10.6 Å². The van der Waals surface area contributed by atoms with E-state index in [1.807, 2.05) is 6.07 Å². The molecule has 0 aliphatic carbocycles.